The highest BCUT2D eigenvalue weighted by Gasteiger charge is 2.21. The number of H-pyrrole nitrogens is 1. The molecule has 4 N–H and O–H groups in total. The van der Waals surface area contributed by atoms with Gasteiger partial charge in [0.15, 0.2) is 16.9 Å². The van der Waals surface area contributed by atoms with Gasteiger partial charge in [-0.05, 0) is 65.7 Å². The number of nitrogens with zero attached hydrogens (tertiary/aromatic N) is 4. The summed E-state index contributed by atoms with van der Waals surface area (Å²) in [6.07, 6.45) is 3.91. The predicted molar refractivity (Wildman–Crippen MR) is 136 cm³/mol. The summed E-state index contributed by atoms with van der Waals surface area (Å²) in [7, 11) is 0. The Morgan fingerprint density at radius 3 is 2.68 bits per heavy atom. The monoisotopic (exact) mass is 515 g/mol. The lowest BCUT2D eigenvalue weighted by Gasteiger charge is -2.19. The van der Waals surface area contributed by atoms with Crippen LogP contribution in [0.4, 0.5) is 13.6 Å². The normalized spacial score (nSPS) is 12.5. The van der Waals surface area contributed by atoms with E-state index in [1.54, 1.807) is 10.7 Å². The third-order valence-electron chi connectivity index (χ3n) is 5.41. The Kier molecular flexibility index (Phi) is 7.05. The van der Waals surface area contributed by atoms with Crippen molar-refractivity contribution in [1.82, 2.24) is 30.0 Å². The van der Waals surface area contributed by atoms with Crippen LogP contribution in [-0.4, -0.2) is 48.5 Å². The molecular weight excluding hydrogens is 484 g/mol. The first kappa shape index (κ1) is 26.3. The first-order chi connectivity index (χ1) is 17.3. The molecule has 3 heterocycles. The molecule has 0 unspecified atom stereocenters. The van der Waals surface area contributed by atoms with E-state index in [4.69, 9.17) is 15.6 Å². The molecule has 0 aliphatic rings. The molecule has 0 bridgehead atoms. The number of carbonyl (C=O) groups is 1. The third kappa shape index (κ3) is 6.50. The van der Waals surface area contributed by atoms with Gasteiger partial charge in [0, 0.05) is 29.2 Å². The van der Waals surface area contributed by atoms with E-state index in [1.807, 2.05) is 34.6 Å². The molecule has 0 saturated carbocycles. The number of halogens is 2. The van der Waals surface area contributed by atoms with E-state index in [0.29, 0.717) is 34.5 Å². The molecule has 37 heavy (non-hydrogen) atoms. The van der Waals surface area contributed by atoms with Crippen molar-refractivity contribution in [3.63, 3.8) is 0 Å². The van der Waals surface area contributed by atoms with Gasteiger partial charge in [-0.2, -0.15) is 13.9 Å². The van der Waals surface area contributed by atoms with Crippen molar-refractivity contribution in [2.45, 2.75) is 71.7 Å². The summed E-state index contributed by atoms with van der Waals surface area (Å²) < 4.78 is 37.6. The van der Waals surface area contributed by atoms with Gasteiger partial charge in [0.05, 0.1) is 11.7 Å². The average Bonchev–Trinajstić information content (AvgIpc) is 3.32. The van der Waals surface area contributed by atoms with Crippen LogP contribution in [0.25, 0.3) is 33.5 Å². The van der Waals surface area contributed by atoms with Gasteiger partial charge in [0.1, 0.15) is 17.1 Å². The highest BCUT2D eigenvalue weighted by Crippen LogP contribution is 2.33. The van der Waals surface area contributed by atoms with Gasteiger partial charge < -0.3 is 25.5 Å². The van der Waals surface area contributed by atoms with Crippen LogP contribution in [0.15, 0.2) is 30.6 Å². The number of hydrogen-bond acceptors (Lipinski definition) is 7. The largest absolute Gasteiger partial charge is 0.435 e. The Bertz CT molecular complexity index is 1420. The number of hydrogen-bond donors (Lipinski definition) is 3. The Morgan fingerprint density at radius 1 is 1.24 bits per heavy atom. The quantitative estimate of drug-likeness (QED) is 0.301. The zero-order chi connectivity index (χ0) is 27.0. The summed E-state index contributed by atoms with van der Waals surface area (Å²) >= 11 is 0. The Balaban J connectivity index is 1.74. The average molecular weight is 516 g/mol. The number of aromatic amines is 1. The molecule has 12 heteroatoms. The number of fused-ring (bicyclic) bond motifs is 2. The zero-order valence-electron chi connectivity index (χ0n) is 21.4. The molecule has 0 fully saturated rings. The van der Waals surface area contributed by atoms with E-state index in [0.717, 1.165) is 18.4 Å². The van der Waals surface area contributed by atoms with Gasteiger partial charge in [0.2, 0.25) is 0 Å². The lowest BCUT2D eigenvalue weighted by atomic mass is 10.0. The summed E-state index contributed by atoms with van der Waals surface area (Å²) in [6, 6.07) is 4.67. The lowest BCUT2D eigenvalue weighted by Crippen LogP contribution is -2.42. The standard InChI is InChI=1S/C25H31F2N7O3/c1-24(2,3)32-23(35)37-18-13-30-21-20(18)31-16(12-29-21)19-15-11-14(36-22(26)27)7-8-17(15)34(33-19)10-6-9-25(4,5)28/h7-8,11-13,22H,6,9-10,28H2,1-5H3,(H,29,30)(H,32,35). The smallest absolute Gasteiger partial charge is 0.413 e. The predicted octanol–water partition coefficient (Wildman–Crippen LogP) is 4.98. The minimum Gasteiger partial charge on any atom is -0.435 e. The number of carbonyl (C=O) groups excluding carboxylic acids is 1. The van der Waals surface area contributed by atoms with Gasteiger partial charge in [-0.1, -0.05) is 0 Å². The number of aryl methyl sites for hydroxylation is 1. The Morgan fingerprint density at radius 2 is 2.00 bits per heavy atom. The van der Waals surface area contributed by atoms with Crippen molar-refractivity contribution in [3.05, 3.63) is 30.6 Å². The summed E-state index contributed by atoms with van der Waals surface area (Å²) in [5.74, 6) is 0.201. The second kappa shape index (κ2) is 9.92. The molecule has 10 nitrogen and oxygen atoms in total. The molecule has 0 aliphatic heterocycles. The Hall–Kier alpha value is -3.80. The molecule has 0 aliphatic carbocycles. The number of aromatic nitrogens is 5. The number of rotatable bonds is 8. The molecule has 3 aromatic heterocycles. The van der Waals surface area contributed by atoms with Gasteiger partial charge in [0.25, 0.3) is 0 Å². The van der Waals surface area contributed by atoms with E-state index in [9.17, 15) is 13.6 Å². The number of nitrogens with two attached hydrogens (primary N) is 1. The van der Waals surface area contributed by atoms with Crippen molar-refractivity contribution >= 4 is 28.2 Å². The van der Waals surface area contributed by atoms with E-state index in [2.05, 4.69) is 25.0 Å². The fourth-order valence-electron chi connectivity index (χ4n) is 3.87. The highest BCUT2D eigenvalue weighted by atomic mass is 19.3. The number of ether oxygens (including phenoxy) is 2. The van der Waals surface area contributed by atoms with Gasteiger partial charge >= 0.3 is 12.7 Å². The fraction of sp³-hybridized carbons (Fsp3) is 0.440. The van der Waals surface area contributed by atoms with Crippen LogP contribution < -0.4 is 20.5 Å². The maximum atomic E-state index is 12.9. The van der Waals surface area contributed by atoms with Crippen LogP contribution in [0.5, 0.6) is 11.5 Å². The van der Waals surface area contributed by atoms with Crippen LogP contribution in [0.3, 0.4) is 0 Å². The van der Waals surface area contributed by atoms with Gasteiger partial charge in [-0.15, -0.1) is 0 Å². The molecule has 4 aromatic rings. The number of benzene rings is 1. The Labute approximate surface area is 212 Å². The highest BCUT2D eigenvalue weighted by molar-refractivity contribution is 5.94. The van der Waals surface area contributed by atoms with Crippen LogP contribution >= 0.6 is 0 Å². The molecule has 0 radical (unpaired) electrons. The molecule has 0 atom stereocenters. The van der Waals surface area contributed by atoms with Crippen molar-refractivity contribution in [2.24, 2.45) is 5.73 Å². The maximum absolute atomic E-state index is 12.9. The molecule has 0 spiro atoms. The van der Waals surface area contributed by atoms with Crippen molar-refractivity contribution in [3.8, 4) is 22.9 Å². The van der Waals surface area contributed by atoms with Crippen LogP contribution in [0.1, 0.15) is 47.5 Å². The fourth-order valence-corrected chi connectivity index (χ4v) is 3.87. The molecule has 1 aromatic carbocycles. The molecule has 1 amide bonds. The third-order valence-corrected chi connectivity index (χ3v) is 5.41. The minimum atomic E-state index is -2.96. The number of alkyl halides is 2. The summed E-state index contributed by atoms with van der Waals surface area (Å²) in [5, 5.41) is 8.03. The number of nitrogens with one attached hydrogen (secondary N) is 2. The maximum Gasteiger partial charge on any atom is 0.413 e. The van der Waals surface area contributed by atoms with Crippen LogP contribution in [0, 0.1) is 0 Å². The number of amides is 1. The molecule has 198 valence electrons. The van der Waals surface area contributed by atoms with Crippen molar-refractivity contribution in [1.29, 1.82) is 0 Å². The first-order valence-electron chi connectivity index (χ1n) is 11.9. The van der Waals surface area contributed by atoms with Crippen molar-refractivity contribution in [2.75, 3.05) is 0 Å². The molecule has 0 saturated heterocycles. The zero-order valence-corrected chi connectivity index (χ0v) is 21.4. The topological polar surface area (TPSA) is 133 Å². The van der Waals surface area contributed by atoms with E-state index < -0.39 is 18.2 Å². The second-order valence-corrected chi connectivity index (χ2v) is 10.6. The van der Waals surface area contributed by atoms with Crippen LogP contribution in [0.2, 0.25) is 0 Å². The minimum absolute atomic E-state index is 0.00458. The summed E-state index contributed by atoms with van der Waals surface area (Å²) in [4.78, 5) is 24.3. The summed E-state index contributed by atoms with van der Waals surface area (Å²) in [5.41, 5.74) is 7.59. The lowest BCUT2D eigenvalue weighted by molar-refractivity contribution is -0.0497. The SMILES string of the molecule is CC(C)(N)CCCn1nc(-c2cnc3[nH]cc(OC(=O)NC(C)(C)C)c3n2)c2cc(OC(F)F)ccc21. The van der Waals surface area contributed by atoms with E-state index >= 15 is 0 Å². The van der Waals surface area contributed by atoms with Crippen molar-refractivity contribution < 1.29 is 23.0 Å². The summed E-state index contributed by atoms with van der Waals surface area (Å²) in [6.45, 7) is 7.02. The van der Waals surface area contributed by atoms with Gasteiger partial charge in [-0.3, -0.25) is 4.68 Å². The molecule has 4 rings (SSSR count). The van der Waals surface area contributed by atoms with E-state index in [-0.39, 0.29) is 17.0 Å². The molecular formula is C25H31F2N7O3. The first-order valence-corrected chi connectivity index (χ1v) is 11.9. The second-order valence-electron chi connectivity index (χ2n) is 10.6. The van der Waals surface area contributed by atoms with Gasteiger partial charge in [-0.25, -0.2) is 14.8 Å². The van der Waals surface area contributed by atoms with Crippen LogP contribution in [-0.2, 0) is 6.54 Å². The van der Waals surface area contributed by atoms with E-state index in [1.165, 1.54) is 24.5 Å².